The maximum absolute atomic E-state index is 6.65. The van der Waals surface area contributed by atoms with E-state index in [2.05, 4.69) is 110 Å². The van der Waals surface area contributed by atoms with E-state index in [4.69, 9.17) is 13.6 Å². The van der Waals surface area contributed by atoms with E-state index >= 15 is 0 Å². The van der Waals surface area contributed by atoms with E-state index < -0.39 is 16.6 Å². The molecule has 0 N–H and O–H groups in total. The zero-order valence-electron chi connectivity index (χ0n) is 21.9. The zero-order valence-corrected chi connectivity index (χ0v) is 23.9. The van der Waals surface area contributed by atoms with Gasteiger partial charge in [-0.15, -0.1) is 0 Å². The highest BCUT2D eigenvalue weighted by atomic mass is 28.4. The Kier molecular flexibility index (Phi) is 7.78. The van der Waals surface area contributed by atoms with E-state index in [0.717, 1.165) is 28.4 Å². The van der Waals surface area contributed by atoms with Crippen molar-refractivity contribution in [2.45, 2.75) is 77.8 Å². The van der Waals surface area contributed by atoms with Crippen molar-refractivity contribution in [3.05, 3.63) is 53.6 Å². The number of hydrogen-bond acceptors (Lipinski definition) is 3. The molecule has 2 aromatic rings. The van der Waals surface area contributed by atoms with E-state index in [9.17, 15) is 0 Å². The molecule has 0 saturated carbocycles. The summed E-state index contributed by atoms with van der Waals surface area (Å²) in [5.41, 5.74) is 2.19. The molecule has 0 atom stereocenters. The molecule has 0 radical (unpaired) electrons. The third-order valence-corrected chi connectivity index (χ3v) is 15.6. The number of ether oxygens (including phenoxy) is 1. The Morgan fingerprint density at radius 1 is 0.594 bits per heavy atom. The minimum atomic E-state index is -1.97. The molecule has 2 aromatic carbocycles. The molecule has 32 heavy (non-hydrogen) atoms. The first-order valence-electron chi connectivity index (χ1n) is 11.4. The van der Waals surface area contributed by atoms with Crippen LogP contribution in [0.15, 0.2) is 42.5 Å². The fourth-order valence-corrected chi connectivity index (χ4v) is 4.64. The molecular weight excluding hydrogens is 428 g/mol. The predicted octanol–water partition coefficient (Wildman–Crippen LogP) is 8.63. The van der Waals surface area contributed by atoms with E-state index in [1.165, 1.54) is 0 Å². The molecule has 0 aromatic heterocycles. The first-order valence-corrected chi connectivity index (χ1v) is 17.2. The molecule has 0 fully saturated rings. The van der Waals surface area contributed by atoms with Gasteiger partial charge in [-0.05, 0) is 71.7 Å². The van der Waals surface area contributed by atoms with Gasteiger partial charge in [0.25, 0.3) is 0 Å². The Hall–Kier alpha value is -1.99. The van der Waals surface area contributed by atoms with E-state index in [-0.39, 0.29) is 10.1 Å². The number of methoxy groups -OCH3 is 1. The van der Waals surface area contributed by atoms with Crippen molar-refractivity contribution < 1.29 is 13.6 Å². The Morgan fingerprint density at radius 3 is 1.38 bits per heavy atom. The Bertz CT molecular complexity index is 885. The third kappa shape index (κ3) is 6.75. The highest BCUT2D eigenvalue weighted by Crippen LogP contribution is 2.41. The number of hydrogen-bond donors (Lipinski definition) is 0. The van der Waals surface area contributed by atoms with Gasteiger partial charge in [-0.2, -0.15) is 0 Å². The Morgan fingerprint density at radius 2 is 1.00 bits per heavy atom. The van der Waals surface area contributed by atoms with Crippen molar-refractivity contribution in [3.63, 3.8) is 0 Å². The molecule has 0 unspecified atom stereocenters. The lowest BCUT2D eigenvalue weighted by Crippen LogP contribution is -2.44. The van der Waals surface area contributed by atoms with Crippen molar-refractivity contribution in [2.75, 3.05) is 7.11 Å². The fourth-order valence-electron chi connectivity index (χ4n) is 2.61. The van der Waals surface area contributed by atoms with Crippen molar-refractivity contribution in [1.82, 2.24) is 0 Å². The molecule has 0 saturated heterocycles. The molecule has 0 aliphatic rings. The summed E-state index contributed by atoms with van der Waals surface area (Å²) in [5, 5.41) is 0.255. The van der Waals surface area contributed by atoms with Crippen molar-refractivity contribution in [2.24, 2.45) is 0 Å². The van der Waals surface area contributed by atoms with Crippen LogP contribution in [0.25, 0.3) is 12.2 Å². The van der Waals surface area contributed by atoms with Crippen LogP contribution < -0.4 is 13.6 Å². The SMILES string of the molecule is COc1ccc(/C=C/c2cc(O[Si](C)(C)C(C)(C)C)cc(O[Si](C)(C)C(C)(C)C)c2)cc1. The standard InChI is InChI=1S/C27H42O3Si2/c1-26(2,3)31(8,9)29-24-18-22(13-12-21-14-16-23(28-7)17-15-21)19-25(20-24)30-32(10,11)27(4,5)6/h12-20H,1-11H3/b13-12+. The molecule has 0 bridgehead atoms. The highest BCUT2D eigenvalue weighted by molar-refractivity contribution is 6.75. The lowest BCUT2D eigenvalue weighted by molar-refractivity contribution is 0.415. The molecule has 0 amide bonds. The lowest BCUT2D eigenvalue weighted by Gasteiger charge is -2.38. The van der Waals surface area contributed by atoms with E-state index in [1.54, 1.807) is 7.11 Å². The molecule has 2 rings (SSSR count). The fraction of sp³-hybridized carbons (Fsp3) is 0.481. The van der Waals surface area contributed by atoms with Crippen LogP contribution in [0.5, 0.6) is 17.2 Å². The molecule has 0 spiro atoms. The monoisotopic (exact) mass is 470 g/mol. The number of rotatable bonds is 7. The summed E-state index contributed by atoms with van der Waals surface area (Å²) in [6.45, 7) is 22.7. The normalized spacial score (nSPS) is 13.3. The van der Waals surface area contributed by atoms with Gasteiger partial charge in [0.2, 0.25) is 16.6 Å². The van der Waals surface area contributed by atoms with Crippen molar-refractivity contribution in [3.8, 4) is 17.2 Å². The largest absolute Gasteiger partial charge is 0.543 e. The summed E-state index contributed by atoms with van der Waals surface area (Å²) in [6, 6.07) is 14.4. The third-order valence-electron chi connectivity index (χ3n) is 6.84. The van der Waals surface area contributed by atoms with E-state index in [1.807, 2.05) is 12.1 Å². The minimum Gasteiger partial charge on any atom is -0.543 e. The van der Waals surface area contributed by atoms with Gasteiger partial charge in [0.05, 0.1) is 7.11 Å². The molecule has 0 aliphatic carbocycles. The van der Waals surface area contributed by atoms with Gasteiger partial charge in [-0.1, -0.05) is 65.8 Å². The van der Waals surface area contributed by atoms with Crippen LogP contribution >= 0.6 is 0 Å². The topological polar surface area (TPSA) is 27.7 Å². The molecule has 0 aliphatic heterocycles. The van der Waals surface area contributed by atoms with Crippen LogP contribution in [0, 0.1) is 0 Å². The first-order chi connectivity index (χ1) is 14.5. The Balaban J connectivity index is 2.44. The van der Waals surface area contributed by atoms with Crippen LogP contribution in [0.1, 0.15) is 52.7 Å². The van der Waals surface area contributed by atoms with Gasteiger partial charge in [0, 0.05) is 6.07 Å². The Labute approximate surface area is 198 Å². The van der Waals surface area contributed by atoms with E-state index in [0.29, 0.717) is 0 Å². The van der Waals surface area contributed by atoms with Crippen molar-refractivity contribution >= 4 is 28.8 Å². The maximum atomic E-state index is 6.65. The highest BCUT2D eigenvalue weighted by Gasteiger charge is 2.40. The molecule has 5 heteroatoms. The van der Waals surface area contributed by atoms with Crippen LogP contribution in [0.2, 0.25) is 36.3 Å². The molecule has 3 nitrogen and oxygen atoms in total. The molecular formula is C27H42O3Si2. The van der Waals surface area contributed by atoms with Gasteiger partial charge < -0.3 is 13.6 Å². The summed E-state index contributed by atoms with van der Waals surface area (Å²) >= 11 is 0. The smallest absolute Gasteiger partial charge is 0.250 e. The molecule has 176 valence electrons. The predicted molar refractivity (Wildman–Crippen MR) is 144 cm³/mol. The van der Waals surface area contributed by atoms with Gasteiger partial charge in [0.15, 0.2) is 0 Å². The second kappa shape index (κ2) is 9.48. The number of benzene rings is 2. The average molecular weight is 471 g/mol. The van der Waals surface area contributed by atoms with Crippen LogP contribution in [-0.4, -0.2) is 23.7 Å². The van der Waals surface area contributed by atoms with Gasteiger partial charge in [0.1, 0.15) is 17.2 Å². The van der Waals surface area contributed by atoms with Crippen LogP contribution in [0.4, 0.5) is 0 Å². The van der Waals surface area contributed by atoms with Crippen LogP contribution in [-0.2, 0) is 0 Å². The second-order valence-corrected chi connectivity index (χ2v) is 21.0. The summed E-state index contributed by atoms with van der Waals surface area (Å²) in [7, 11) is -2.25. The lowest BCUT2D eigenvalue weighted by atomic mass is 10.1. The maximum Gasteiger partial charge on any atom is 0.250 e. The second-order valence-electron chi connectivity index (χ2n) is 11.6. The molecule has 0 heterocycles. The first kappa shape index (κ1) is 26.3. The van der Waals surface area contributed by atoms with Gasteiger partial charge >= 0.3 is 0 Å². The summed E-state index contributed by atoms with van der Waals surface area (Å²) in [4.78, 5) is 0. The zero-order chi connectivity index (χ0) is 24.4. The summed E-state index contributed by atoms with van der Waals surface area (Å²) in [6.07, 6.45) is 4.24. The van der Waals surface area contributed by atoms with Crippen LogP contribution in [0.3, 0.4) is 0 Å². The summed E-state index contributed by atoms with van der Waals surface area (Å²) < 4.78 is 18.6. The van der Waals surface area contributed by atoms with Gasteiger partial charge in [-0.3, -0.25) is 0 Å². The quantitative estimate of drug-likeness (QED) is 0.299. The summed E-state index contributed by atoms with van der Waals surface area (Å²) in [5.74, 6) is 2.64. The van der Waals surface area contributed by atoms with Gasteiger partial charge in [-0.25, -0.2) is 0 Å². The minimum absolute atomic E-state index is 0.127. The van der Waals surface area contributed by atoms with Crippen molar-refractivity contribution in [1.29, 1.82) is 0 Å². The average Bonchev–Trinajstić information content (AvgIpc) is 2.64.